The van der Waals surface area contributed by atoms with Crippen LogP contribution in [0.25, 0.3) is 0 Å². The lowest BCUT2D eigenvalue weighted by Crippen LogP contribution is -2.04. The Morgan fingerprint density at radius 3 is 2.40 bits per heavy atom. The lowest BCUT2D eigenvalue weighted by atomic mass is 10.2. The fourth-order valence-corrected chi connectivity index (χ4v) is 1.67. The van der Waals surface area contributed by atoms with Crippen molar-refractivity contribution in [3.05, 3.63) is 53.3 Å². The van der Waals surface area contributed by atoms with Crippen molar-refractivity contribution in [1.82, 2.24) is 0 Å². The summed E-state index contributed by atoms with van der Waals surface area (Å²) in [4.78, 5) is 0. The monoisotopic (exact) mass is 283 g/mol. The highest BCUT2D eigenvalue weighted by Gasteiger charge is 2.15. The Labute approximate surface area is 113 Å². The summed E-state index contributed by atoms with van der Waals surface area (Å²) in [7, 11) is 1.34. The largest absolute Gasteiger partial charge is 0.496 e. The first-order chi connectivity index (χ1) is 9.52. The fraction of sp³-hybridized carbons (Fsp3) is 0.143. The van der Waals surface area contributed by atoms with Gasteiger partial charge in [0.1, 0.15) is 23.9 Å². The standard InChI is InChI=1S/C14H12F3NO2/c1-19-13-5-4-11(16)14(17)9(13)7-20-8-2-3-10(15)12(18)6-8/h2-6H,7,18H2,1H3. The minimum absolute atomic E-state index is 0.0598. The quantitative estimate of drug-likeness (QED) is 0.876. The van der Waals surface area contributed by atoms with E-state index in [2.05, 4.69) is 0 Å². The van der Waals surface area contributed by atoms with Crippen molar-refractivity contribution in [2.45, 2.75) is 6.61 Å². The van der Waals surface area contributed by atoms with Crippen LogP contribution in [0, 0.1) is 17.5 Å². The molecule has 0 aliphatic rings. The summed E-state index contributed by atoms with van der Waals surface area (Å²) in [6.07, 6.45) is 0. The maximum Gasteiger partial charge on any atom is 0.169 e. The minimum Gasteiger partial charge on any atom is -0.496 e. The molecule has 0 aliphatic carbocycles. The van der Waals surface area contributed by atoms with Gasteiger partial charge in [0.15, 0.2) is 11.6 Å². The maximum absolute atomic E-state index is 13.7. The normalized spacial score (nSPS) is 10.4. The Balaban J connectivity index is 2.22. The summed E-state index contributed by atoms with van der Waals surface area (Å²) >= 11 is 0. The number of methoxy groups -OCH3 is 1. The van der Waals surface area contributed by atoms with E-state index in [1.807, 2.05) is 0 Å². The molecular weight excluding hydrogens is 271 g/mol. The zero-order valence-electron chi connectivity index (χ0n) is 10.6. The Morgan fingerprint density at radius 1 is 1.05 bits per heavy atom. The third-order valence-corrected chi connectivity index (χ3v) is 2.72. The number of nitrogen functional groups attached to an aromatic ring is 1. The van der Waals surface area contributed by atoms with Crippen LogP contribution in [0.3, 0.4) is 0 Å². The van der Waals surface area contributed by atoms with Crippen LogP contribution in [0.1, 0.15) is 5.56 Å². The minimum atomic E-state index is -1.04. The molecule has 0 spiro atoms. The van der Waals surface area contributed by atoms with Gasteiger partial charge in [-0.05, 0) is 24.3 Å². The number of nitrogens with two attached hydrogens (primary N) is 1. The predicted octanol–water partition coefficient (Wildman–Crippen LogP) is 3.27. The molecule has 0 heterocycles. The van der Waals surface area contributed by atoms with Gasteiger partial charge in [0, 0.05) is 6.07 Å². The van der Waals surface area contributed by atoms with Crippen molar-refractivity contribution >= 4 is 5.69 Å². The molecule has 0 fully saturated rings. The summed E-state index contributed by atoms with van der Waals surface area (Å²) < 4.78 is 50.1. The Kier molecular flexibility index (Phi) is 4.02. The number of hydrogen-bond donors (Lipinski definition) is 1. The molecule has 20 heavy (non-hydrogen) atoms. The second-order valence-corrected chi connectivity index (χ2v) is 4.01. The lowest BCUT2D eigenvalue weighted by molar-refractivity contribution is 0.286. The van der Waals surface area contributed by atoms with E-state index < -0.39 is 17.5 Å². The molecule has 106 valence electrons. The van der Waals surface area contributed by atoms with Gasteiger partial charge < -0.3 is 15.2 Å². The molecule has 0 unspecified atom stereocenters. The van der Waals surface area contributed by atoms with Crippen LogP contribution in [-0.4, -0.2) is 7.11 Å². The van der Waals surface area contributed by atoms with Gasteiger partial charge in [-0.2, -0.15) is 0 Å². The van der Waals surface area contributed by atoms with Crippen molar-refractivity contribution in [2.24, 2.45) is 0 Å². The molecule has 0 aromatic heterocycles. The molecule has 0 saturated heterocycles. The molecule has 3 nitrogen and oxygen atoms in total. The van der Waals surface area contributed by atoms with E-state index in [0.717, 1.165) is 12.1 Å². The smallest absolute Gasteiger partial charge is 0.169 e. The highest BCUT2D eigenvalue weighted by atomic mass is 19.2. The number of benzene rings is 2. The molecular formula is C14H12F3NO2. The summed E-state index contributed by atoms with van der Waals surface area (Å²) in [5.41, 5.74) is 5.24. The van der Waals surface area contributed by atoms with E-state index in [9.17, 15) is 13.2 Å². The van der Waals surface area contributed by atoms with Gasteiger partial charge in [-0.15, -0.1) is 0 Å². The Bertz CT molecular complexity index is 632. The average Bonchev–Trinajstić information content (AvgIpc) is 2.44. The van der Waals surface area contributed by atoms with Gasteiger partial charge >= 0.3 is 0 Å². The molecule has 0 atom stereocenters. The zero-order chi connectivity index (χ0) is 14.7. The van der Waals surface area contributed by atoms with Crippen LogP contribution in [0.4, 0.5) is 18.9 Å². The number of ether oxygens (including phenoxy) is 2. The molecule has 2 aromatic carbocycles. The third kappa shape index (κ3) is 2.79. The molecule has 0 amide bonds. The van der Waals surface area contributed by atoms with Gasteiger partial charge in [-0.25, -0.2) is 13.2 Å². The van der Waals surface area contributed by atoms with Gasteiger partial charge in [-0.1, -0.05) is 0 Å². The van der Waals surface area contributed by atoms with E-state index in [0.29, 0.717) is 0 Å². The van der Waals surface area contributed by atoms with Gasteiger partial charge in [0.05, 0.1) is 18.4 Å². The van der Waals surface area contributed by atoms with Gasteiger partial charge in [0.25, 0.3) is 0 Å². The van der Waals surface area contributed by atoms with Crippen LogP contribution < -0.4 is 15.2 Å². The number of hydrogen-bond acceptors (Lipinski definition) is 3. The summed E-state index contributed by atoms with van der Waals surface area (Å²) in [5, 5.41) is 0. The topological polar surface area (TPSA) is 44.5 Å². The van der Waals surface area contributed by atoms with E-state index in [1.165, 1.54) is 25.3 Å². The molecule has 2 rings (SSSR count). The number of halogens is 3. The lowest BCUT2D eigenvalue weighted by Gasteiger charge is -2.12. The Morgan fingerprint density at radius 2 is 1.75 bits per heavy atom. The van der Waals surface area contributed by atoms with Gasteiger partial charge in [0.2, 0.25) is 0 Å². The first kappa shape index (κ1) is 14.0. The van der Waals surface area contributed by atoms with E-state index >= 15 is 0 Å². The fourth-order valence-electron chi connectivity index (χ4n) is 1.67. The zero-order valence-corrected chi connectivity index (χ0v) is 10.6. The molecule has 2 aromatic rings. The highest BCUT2D eigenvalue weighted by molar-refractivity contribution is 5.45. The van der Waals surface area contributed by atoms with Gasteiger partial charge in [-0.3, -0.25) is 0 Å². The van der Waals surface area contributed by atoms with Crippen LogP contribution in [0.15, 0.2) is 30.3 Å². The average molecular weight is 283 g/mol. The molecule has 0 bridgehead atoms. The first-order valence-electron chi connectivity index (χ1n) is 5.71. The van der Waals surface area contributed by atoms with Crippen molar-refractivity contribution < 1.29 is 22.6 Å². The van der Waals surface area contributed by atoms with Crippen LogP contribution >= 0.6 is 0 Å². The molecule has 6 heteroatoms. The number of anilines is 1. The van der Waals surface area contributed by atoms with Crippen molar-refractivity contribution in [3.8, 4) is 11.5 Å². The highest BCUT2D eigenvalue weighted by Crippen LogP contribution is 2.26. The molecule has 0 aliphatic heterocycles. The Hall–Kier alpha value is -2.37. The van der Waals surface area contributed by atoms with E-state index in [1.54, 1.807) is 0 Å². The van der Waals surface area contributed by atoms with Crippen molar-refractivity contribution in [2.75, 3.05) is 12.8 Å². The molecule has 0 radical (unpaired) electrons. The van der Waals surface area contributed by atoms with E-state index in [-0.39, 0.29) is 29.4 Å². The van der Waals surface area contributed by atoms with Crippen molar-refractivity contribution in [3.63, 3.8) is 0 Å². The van der Waals surface area contributed by atoms with Crippen LogP contribution in [-0.2, 0) is 6.61 Å². The predicted molar refractivity (Wildman–Crippen MR) is 68.1 cm³/mol. The first-order valence-corrected chi connectivity index (χ1v) is 5.71. The second-order valence-electron chi connectivity index (χ2n) is 4.01. The maximum atomic E-state index is 13.7. The summed E-state index contributed by atoms with van der Waals surface area (Å²) in [6.45, 7) is -0.266. The van der Waals surface area contributed by atoms with Crippen molar-refractivity contribution in [1.29, 1.82) is 0 Å². The molecule has 0 saturated carbocycles. The summed E-state index contributed by atoms with van der Waals surface area (Å²) in [6, 6.07) is 6.00. The second kappa shape index (κ2) is 5.73. The van der Waals surface area contributed by atoms with Crippen LogP contribution in [0.2, 0.25) is 0 Å². The summed E-state index contributed by atoms with van der Waals surface area (Å²) in [5.74, 6) is -2.21. The third-order valence-electron chi connectivity index (χ3n) is 2.72. The molecule has 2 N–H and O–H groups in total. The number of rotatable bonds is 4. The SMILES string of the molecule is COc1ccc(F)c(F)c1COc1ccc(F)c(N)c1. The van der Waals surface area contributed by atoms with E-state index in [4.69, 9.17) is 15.2 Å². The van der Waals surface area contributed by atoms with Crippen LogP contribution in [0.5, 0.6) is 11.5 Å².